The highest BCUT2D eigenvalue weighted by Crippen LogP contribution is 2.28. The maximum atomic E-state index is 12.4. The number of piperidine rings is 1. The number of nitrogens with one attached hydrogen (secondary N) is 1. The molecule has 0 radical (unpaired) electrons. The van der Waals surface area contributed by atoms with Crippen LogP contribution in [-0.4, -0.2) is 48.2 Å². The fraction of sp³-hybridized carbons (Fsp3) is 0.929. The Labute approximate surface area is 109 Å². The van der Waals surface area contributed by atoms with Gasteiger partial charge in [0.1, 0.15) is 0 Å². The molecule has 0 spiro atoms. The number of hydrogen-bond acceptors (Lipinski definition) is 3. The van der Waals surface area contributed by atoms with Gasteiger partial charge >= 0.3 is 0 Å². The summed E-state index contributed by atoms with van der Waals surface area (Å²) < 4.78 is 5.81. The Morgan fingerprint density at radius 1 is 1.39 bits per heavy atom. The number of hydrogen-bond donors (Lipinski definition) is 1. The summed E-state index contributed by atoms with van der Waals surface area (Å²) >= 11 is 0. The Hall–Kier alpha value is -0.610. The van der Waals surface area contributed by atoms with Crippen LogP contribution in [0.5, 0.6) is 0 Å². The van der Waals surface area contributed by atoms with Crippen LogP contribution in [0.3, 0.4) is 0 Å². The van der Waals surface area contributed by atoms with Gasteiger partial charge in [-0.15, -0.1) is 0 Å². The van der Waals surface area contributed by atoms with Crippen molar-refractivity contribution in [2.75, 3.05) is 19.7 Å². The van der Waals surface area contributed by atoms with Gasteiger partial charge in [-0.25, -0.2) is 0 Å². The quantitative estimate of drug-likeness (QED) is 0.820. The van der Waals surface area contributed by atoms with Gasteiger partial charge in [0.05, 0.1) is 11.6 Å². The smallest absolute Gasteiger partial charge is 0.239 e. The van der Waals surface area contributed by atoms with Crippen LogP contribution in [0.1, 0.15) is 45.4 Å². The molecule has 1 N–H and O–H groups in total. The Kier molecular flexibility index (Phi) is 3.32. The molecule has 2 heterocycles. The second kappa shape index (κ2) is 4.82. The van der Waals surface area contributed by atoms with Crippen LogP contribution in [-0.2, 0) is 9.53 Å². The third-order valence-electron chi connectivity index (χ3n) is 4.37. The molecule has 3 rings (SSSR count). The molecule has 2 aliphatic heterocycles. The molecule has 1 saturated carbocycles. The Bertz CT molecular complexity index is 322. The molecule has 2 atom stereocenters. The molecule has 4 heteroatoms. The molecule has 0 aromatic rings. The molecule has 3 aliphatic rings. The summed E-state index contributed by atoms with van der Waals surface area (Å²) in [5.74, 6) is 0.296. The zero-order valence-corrected chi connectivity index (χ0v) is 11.3. The molecular weight excluding hydrogens is 228 g/mol. The van der Waals surface area contributed by atoms with Crippen molar-refractivity contribution in [2.24, 2.45) is 0 Å². The van der Waals surface area contributed by atoms with E-state index in [9.17, 15) is 4.79 Å². The summed E-state index contributed by atoms with van der Waals surface area (Å²) in [4.78, 5) is 14.4. The van der Waals surface area contributed by atoms with E-state index in [2.05, 4.69) is 12.2 Å². The zero-order valence-electron chi connectivity index (χ0n) is 11.3. The first-order valence-electron chi connectivity index (χ1n) is 7.35. The molecule has 2 saturated heterocycles. The van der Waals surface area contributed by atoms with Crippen LogP contribution in [0.15, 0.2) is 0 Å². The lowest BCUT2D eigenvalue weighted by molar-refractivity contribution is -0.140. The normalized spacial score (nSPS) is 37.3. The summed E-state index contributed by atoms with van der Waals surface area (Å²) in [7, 11) is 0. The minimum atomic E-state index is -0.100. The highest BCUT2D eigenvalue weighted by molar-refractivity contribution is 5.82. The summed E-state index contributed by atoms with van der Waals surface area (Å²) in [6.07, 6.45) is 6.81. The average molecular weight is 252 g/mol. The Morgan fingerprint density at radius 2 is 2.22 bits per heavy atom. The first-order valence-corrected chi connectivity index (χ1v) is 7.35. The fourth-order valence-corrected chi connectivity index (χ4v) is 3.15. The lowest BCUT2D eigenvalue weighted by atomic mass is 9.98. The van der Waals surface area contributed by atoms with E-state index in [4.69, 9.17) is 4.74 Å². The predicted octanol–water partition coefficient (Wildman–Crippen LogP) is 1.30. The van der Waals surface area contributed by atoms with Crippen LogP contribution in [0.4, 0.5) is 0 Å². The summed E-state index contributed by atoms with van der Waals surface area (Å²) in [6.45, 7) is 4.67. The van der Waals surface area contributed by atoms with E-state index in [1.54, 1.807) is 0 Å². The number of carbonyl (C=O) groups is 1. The first-order chi connectivity index (χ1) is 8.66. The van der Waals surface area contributed by atoms with E-state index in [0.29, 0.717) is 11.9 Å². The van der Waals surface area contributed by atoms with Gasteiger partial charge < -0.3 is 15.0 Å². The minimum Gasteiger partial charge on any atom is -0.373 e. The van der Waals surface area contributed by atoms with E-state index in [1.807, 2.05) is 4.90 Å². The van der Waals surface area contributed by atoms with Gasteiger partial charge in [-0.1, -0.05) is 0 Å². The van der Waals surface area contributed by atoms with Crippen molar-refractivity contribution in [3.63, 3.8) is 0 Å². The zero-order chi connectivity index (χ0) is 12.6. The third-order valence-corrected chi connectivity index (χ3v) is 4.37. The molecule has 1 amide bonds. The summed E-state index contributed by atoms with van der Waals surface area (Å²) in [6, 6.07) is 0.675. The van der Waals surface area contributed by atoms with Crippen molar-refractivity contribution < 1.29 is 9.53 Å². The molecule has 2 unspecified atom stereocenters. The van der Waals surface area contributed by atoms with Gasteiger partial charge in [0.2, 0.25) is 5.91 Å². The number of amides is 1. The number of ether oxygens (including phenoxy) is 1. The van der Waals surface area contributed by atoms with Crippen LogP contribution in [0.25, 0.3) is 0 Å². The molecule has 0 aromatic carbocycles. The molecule has 0 bridgehead atoms. The number of nitrogens with zero attached hydrogens (tertiary/aromatic N) is 1. The Morgan fingerprint density at radius 3 is 2.89 bits per heavy atom. The highest BCUT2D eigenvalue weighted by Gasteiger charge is 2.38. The second-order valence-electron chi connectivity index (χ2n) is 6.30. The van der Waals surface area contributed by atoms with Crippen molar-refractivity contribution in [2.45, 2.75) is 63.1 Å². The van der Waals surface area contributed by atoms with Gasteiger partial charge in [0.15, 0.2) is 0 Å². The van der Waals surface area contributed by atoms with Crippen molar-refractivity contribution >= 4 is 5.91 Å². The summed E-state index contributed by atoms with van der Waals surface area (Å²) in [5.41, 5.74) is -0.100. The number of likely N-dealkylation sites (tertiary alicyclic amines) is 1. The van der Waals surface area contributed by atoms with Gasteiger partial charge in [-0.05, 0) is 45.4 Å². The molecular formula is C14H24N2O2. The Balaban J connectivity index is 1.58. The van der Waals surface area contributed by atoms with Crippen molar-refractivity contribution in [1.29, 1.82) is 0 Å². The number of carbonyl (C=O) groups excluding carboxylic acids is 1. The number of rotatable bonds is 4. The lowest BCUT2D eigenvalue weighted by Crippen LogP contribution is -2.54. The van der Waals surface area contributed by atoms with E-state index >= 15 is 0 Å². The van der Waals surface area contributed by atoms with Gasteiger partial charge in [-0.2, -0.15) is 0 Å². The van der Waals surface area contributed by atoms with E-state index < -0.39 is 0 Å². The standard InChI is InChI=1S/C14H24N2O2/c1-14(7-3-9-18-14)10-16-8-2-4-12(13(16)17)15-11-5-6-11/h11-12,15H,2-10H2,1H3. The predicted molar refractivity (Wildman–Crippen MR) is 69.4 cm³/mol. The molecule has 4 nitrogen and oxygen atoms in total. The van der Waals surface area contributed by atoms with E-state index in [0.717, 1.165) is 45.4 Å². The van der Waals surface area contributed by atoms with Crippen molar-refractivity contribution in [3.8, 4) is 0 Å². The second-order valence-corrected chi connectivity index (χ2v) is 6.30. The van der Waals surface area contributed by atoms with E-state index in [1.165, 1.54) is 12.8 Å². The van der Waals surface area contributed by atoms with Crippen LogP contribution < -0.4 is 5.32 Å². The van der Waals surface area contributed by atoms with Crippen LogP contribution in [0.2, 0.25) is 0 Å². The topological polar surface area (TPSA) is 41.6 Å². The van der Waals surface area contributed by atoms with Crippen LogP contribution in [0, 0.1) is 0 Å². The van der Waals surface area contributed by atoms with Gasteiger partial charge in [-0.3, -0.25) is 4.79 Å². The monoisotopic (exact) mass is 252 g/mol. The molecule has 3 fully saturated rings. The van der Waals surface area contributed by atoms with Gasteiger partial charge in [0, 0.05) is 25.7 Å². The molecule has 1 aliphatic carbocycles. The average Bonchev–Trinajstić information content (AvgIpc) is 3.06. The highest BCUT2D eigenvalue weighted by atomic mass is 16.5. The minimum absolute atomic E-state index is 0.0660. The fourth-order valence-electron chi connectivity index (χ4n) is 3.15. The first kappa shape index (κ1) is 12.4. The largest absolute Gasteiger partial charge is 0.373 e. The third kappa shape index (κ3) is 2.69. The van der Waals surface area contributed by atoms with Crippen molar-refractivity contribution in [3.05, 3.63) is 0 Å². The van der Waals surface area contributed by atoms with Crippen LogP contribution >= 0.6 is 0 Å². The summed E-state index contributed by atoms with van der Waals surface area (Å²) in [5, 5.41) is 3.48. The molecule has 0 aromatic heterocycles. The lowest BCUT2D eigenvalue weighted by Gasteiger charge is -2.37. The maximum absolute atomic E-state index is 12.4. The van der Waals surface area contributed by atoms with E-state index in [-0.39, 0.29) is 11.6 Å². The van der Waals surface area contributed by atoms with Gasteiger partial charge in [0.25, 0.3) is 0 Å². The molecule has 18 heavy (non-hydrogen) atoms. The van der Waals surface area contributed by atoms with Crippen molar-refractivity contribution in [1.82, 2.24) is 10.2 Å². The SMILES string of the molecule is CC1(CN2CCCC(NC3CC3)C2=O)CCCO1. The maximum Gasteiger partial charge on any atom is 0.239 e. The molecule has 102 valence electrons.